The van der Waals surface area contributed by atoms with Gasteiger partial charge in [-0.3, -0.25) is 9.48 Å². The molecule has 0 spiro atoms. The highest BCUT2D eigenvalue weighted by Crippen LogP contribution is 2.27. The van der Waals surface area contributed by atoms with Gasteiger partial charge in [-0.1, -0.05) is 0 Å². The molecule has 7 heteroatoms. The molecule has 124 valence electrons. The second-order valence-electron chi connectivity index (χ2n) is 5.93. The van der Waals surface area contributed by atoms with Crippen molar-refractivity contribution in [3.05, 3.63) is 18.5 Å². The molecule has 0 aliphatic carbocycles. The van der Waals surface area contributed by atoms with Gasteiger partial charge in [-0.25, -0.2) is 0 Å². The van der Waals surface area contributed by atoms with Crippen molar-refractivity contribution in [1.82, 2.24) is 20.4 Å². The Balaban J connectivity index is 0.00000176. The lowest BCUT2D eigenvalue weighted by Crippen LogP contribution is -2.55. The van der Waals surface area contributed by atoms with Crippen LogP contribution in [0.1, 0.15) is 32.1 Å². The fraction of sp³-hybridized carbons (Fsp3) is 0.733. The number of aromatic nitrogens is 2. The number of amides is 1. The molecular formula is C15H25ClN4O2. The first-order valence-corrected chi connectivity index (χ1v) is 7.92. The van der Waals surface area contributed by atoms with Crippen molar-refractivity contribution >= 4 is 18.3 Å². The topological polar surface area (TPSA) is 68.2 Å². The van der Waals surface area contributed by atoms with Crippen LogP contribution in [0.25, 0.3) is 0 Å². The minimum absolute atomic E-state index is 0. The summed E-state index contributed by atoms with van der Waals surface area (Å²) in [6, 6.07) is 1.88. The van der Waals surface area contributed by atoms with Gasteiger partial charge in [0.1, 0.15) is 5.54 Å². The van der Waals surface area contributed by atoms with Gasteiger partial charge >= 0.3 is 0 Å². The molecule has 1 amide bonds. The zero-order chi connectivity index (χ0) is 14.5. The van der Waals surface area contributed by atoms with Crippen molar-refractivity contribution in [1.29, 1.82) is 0 Å². The zero-order valence-electron chi connectivity index (χ0n) is 12.8. The van der Waals surface area contributed by atoms with Crippen molar-refractivity contribution in [2.45, 2.75) is 43.7 Å². The highest BCUT2D eigenvalue weighted by molar-refractivity contribution is 5.85. The third-order valence-corrected chi connectivity index (χ3v) is 4.56. The van der Waals surface area contributed by atoms with Crippen LogP contribution in [0.2, 0.25) is 0 Å². The molecule has 1 atom stereocenters. The summed E-state index contributed by atoms with van der Waals surface area (Å²) in [6.07, 6.45) is 8.69. The maximum Gasteiger partial charge on any atom is 0.248 e. The average Bonchev–Trinajstić information content (AvgIpc) is 3.09. The minimum Gasteiger partial charge on any atom is -0.376 e. The Kier molecular flexibility index (Phi) is 6.23. The van der Waals surface area contributed by atoms with Crippen LogP contribution in [0.5, 0.6) is 0 Å². The Morgan fingerprint density at radius 1 is 1.41 bits per heavy atom. The highest BCUT2D eigenvalue weighted by Gasteiger charge is 2.42. The molecule has 3 heterocycles. The van der Waals surface area contributed by atoms with Crippen molar-refractivity contribution in [2.24, 2.45) is 0 Å². The SMILES string of the molecule is Cl.O=C(NCC1CCCCO1)C1(n2cccn2)CCNCC1. The van der Waals surface area contributed by atoms with E-state index in [1.807, 2.05) is 16.9 Å². The molecular weight excluding hydrogens is 304 g/mol. The van der Waals surface area contributed by atoms with Crippen molar-refractivity contribution in [2.75, 3.05) is 26.2 Å². The van der Waals surface area contributed by atoms with E-state index in [0.29, 0.717) is 6.54 Å². The Morgan fingerprint density at radius 3 is 2.86 bits per heavy atom. The quantitative estimate of drug-likeness (QED) is 0.867. The van der Waals surface area contributed by atoms with Gasteiger partial charge in [0, 0.05) is 25.5 Å². The lowest BCUT2D eigenvalue weighted by molar-refractivity contribution is -0.132. The molecule has 2 fully saturated rings. The number of nitrogens with zero attached hydrogens (tertiary/aromatic N) is 2. The first-order chi connectivity index (χ1) is 10.3. The van der Waals surface area contributed by atoms with Gasteiger partial charge in [0.25, 0.3) is 0 Å². The molecule has 2 saturated heterocycles. The van der Waals surface area contributed by atoms with Crippen molar-refractivity contribution < 1.29 is 9.53 Å². The molecule has 0 bridgehead atoms. The Hall–Kier alpha value is -1.11. The van der Waals surface area contributed by atoms with Gasteiger partial charge in [-0.15, -0.1) is 12.4 Å². The summed E-state index contributed by atoms with van der Waals surface area (Å²) in [5.74, 6) is 0.0712. The number of carbonyl (C=O) groups is 1. The van der Waals surface area contributed by atoms with Gasteiger partial charge in [0.05, 0.1) is 6.10 Å². The number of ether oxygens (including phenoxy) is 1. The summed E-state index contributed by atoms with van der Waals surface area (Å²) in [5, 5.41) is 10.7. The van der Waals surface area contributed by atoms with Crippen LogP contribution in [-0.2, 0) is 15.1 Å². The van der Waals surface area contributed by atoms with E-state index in [9.17, 15) is 4.79 Å². The summed E-state index contributed by atoms with van der Waals surface area (Å²) < 4.78 is 7.51. The first kappa shape index (κ1) is 17.2. The molecule has 0 aromatic carbocycles. The third-order valence-electron chi connectivity index (χ3n) is 4.56. The van der Waals surface area contributed by atoms with Crippen LogP contribution in [0, 0.1) is 0 Å². The van der Waals surface area contributed by atoms with E-state index in [-0.39, 0.29) is 24.4 Å². The molecule has 22 heavy (non-hydrogen) atoms. The van der Waals surface area contributed by atoms with Crippen LogP contribution >= 0.6 is 12.4 Å². The number of rotatable bonds is 4. The minimum atomic E-state index is -0.552. The smallest absolute Gasteiger partial charge is 0.248 e. The fourth-order valence-electron chi connectivity index (χ4n) is 3.26. The predicted octanol–water partition coefficient (Wildman–Crippen LogP) is 1.07. The van der Waals surface area contributed by atoms with Crippen LogP contribution in [-0.4, -0.2) is 48.0 Å². The van der Waals surface area contributed by atoms with E-state index in [1.54, 1.807) is 6.20 Å². The number of halogens is 1. The van der Waals surface area contributed by atoms with Gasteiger partial charge in [0.15, 0.2) is 0 Å². The number of hydrogen-bond donors (Lipinski definition) is 2. The molecule has 1 aromatic rings. The summed E-state index contributed by atoms with van der Waals surface area (Å²) in [4.78, 5) is 12.8. The van der Waals surface area contributed by atoms with Gasteiger partial charge in [0.2, 0.25) is 5.91 Å². The number of piperidine rings is 1. The monoisotopic (exact) mass is 328 g/mol. The van der Waals surface area contributed by atoms with E-state index in [4.69, 9.17) is 4.74 Å². The maximum absolute atomic E-state index is 12.8. The van der Waals surface area contributed by atoms with Crippen LogP contribution < -0.4 is 10.6 Å². The molecule has 2 aliphatic rings. The summed E-state index contributed by atoms with van der Waals surface area (Å²) in [6.45, 7) is 3.10. The molecule has 0 radical (unpaired) electrons. The van der Waals surface area contributed by atoms with E-state index in [1.165, 1.54) is 6.42 Å². The first-order valence-electron chi connectivity index (χ1n) is 7.92. The average molecular weight is 329 g/mol. The van der Waals surface area contributed by atoms with Gasteiger partial charge in [-0.05, 0) is 51.3 Å². The lowest BCUT2D eigenvalue weighted by Gasteiger charge is -2.37. The maximum atomic E-state index is 12.8. The zero-order valence-corrected chi connectivity index (χ0v) is 13.6. The third kappa shape index (κ3) is 3.62. The number of hydrogen-bond acceptors (Lipinski definition) is 4. The number of nitrogens with one attached hydrogen (secondary N) is 2. The molecule has 3 rings (SSSR count). The predicted molar refractivity (Wildman–Crippen MR) is 86.2 cm³/mol. The van der Waals surface area contributed by atoms with Gasteiger partial charge < -0.3 is 15.4 Å². The molecule has 2 N–H and O–H groups in total. The highest BCUT2D eigenvalue weighted by atomic mass is 35.5. The molecule has 1 unspecified atom stereocenters. The standard InChI is InChI=1S/C15H24N4O2.ClH/c20-14(17-12-13-4-1-2-11-21-13)15(5-8-16-9-6-15)19-10-3-7-18-19;/h3,7,10,13,16H,1-2,4-6,8-9,11-12H2,(H,17,20);1H. The van der Waals surface area contributed by atoms with E-state index < -0.39 is 5.54 Å². The van der Waals surface area contributed by atoms with E-state index in [0.717, 1.165) is 45.4 Å². The Bertz CT molecular complexity index is 454. The molecule has 6 nitrogen and oxygen atoms in total. The summed E-state index contributed by atoms with van der Waals surface area (Å²) in [7, 11) is 0. The van der Waals surface area contributed by atoms with Crippen LogP contribution in [0.15, 0.2) is 18.5 Å². The molecule has 0 saturated carbocycles. The summed E-state index contributed by atoms with van der Waals surface area (Å²) >= 11 is 0. The second-order valence-corrected chi connectivity index (χ2v) is 5.93. The van der Waals surface area contributed by atoms with Crippen molar-refractivity contribution in [3.8, 4) is 0 Å². The summed E-state index contributed by atoms with van der Waals surface area (Å²) in [5.41, 5.74) is -0.552. The Morgan fingerprint density at radius 2 is 2.23 bits per heavy atom. The van der Waals surface area contributed by atoms with E-state index >= 15 is 0 Å². The number of carbonyl (C=O) groups excluding carboxylic acids is 1. The second kappa shape index (κ2) is 7.94. The normalized spacial score (nSPS) is 24.3. The largest absolute Gasteiger partial charge is 0.376 e. The Labute approximate surface area is 137 Å². The van der Waals surface area contributed by atoms with Crippen LogP contribution in [0.4, 0.5) is 0 Å². The van der Waals surface area contributed by atoms with Crippen molar-refractivity contribution in [3.63, 3.8) is 0 Å². The molecule has 2 aliphatic heterocycles. The van der Waals surface area contributed by atoms with E-state index in [2.05, 4.69) is 15.7 Å². The molecule has 1 aromatic heterocycles. The van der Waals surface area contributed by atoms with Crippen LogP contribution in [0.3, 0.4) is 0 Å². The fourth-order valence-corrected chi connectivity index (χ4v) is 3.26. The lowest BCUT2D eigenvalue weighted by atomic mass is 9.87. The van der Waals surface area contributed by atoms with Gasteiger partial charge in [-0.2, -0.15) is 5.10 Å².